The van der Waals surface area contributed by atoms with E-state index in [0.29, 0.717) is 32.1 Å². The molecule has 0 bridgehead atoms. The van der Waals surface area contributed by atoms with Crippen LogP contribution in [0.5, 0.6) is 0 Å². The van der Waals surface area contributed by atoms with Crippen molar-refractivity contribution >= 4 is 45.3 Å². The summed E-state index contributed by atoms with van der Waals surface area (Å²) in [5, 5.41) is 5.14. The molecule has 0 aliphatic rings. The van der Waals surface area contributed by atoms with E-state index in [1.165, 1.54) is 186 Å². The van der Waals surface area contributed by atoms with Crippen molar-refractivity contribution in [3.05, 3.63) is 0 Å². The molecule has 2 N–H and O–H groups in total. The number of amides is 2. The molecule has 6 atom stereocenters. The van der Waals surface area contributed by atoms with E-state index in [9.17, 15) is 38.0 Å². The summed E-state index contributed by atoms with van der Waals surface area (Å²) in [4.78, 5) is 79.9. The van der Waals surface area contributed by atoms with Gasteiger partial charge in [0.05, 0.1) is 26.4 Å². The molecule has 0 aromatic carbocycles. The Balaban J connectivity index is 0. The molecule has 0 heterocycles. The van der Waals surface area contributed by atoms with Crippen molar-refractivity contribution in [1.82, 2.24) is 10.6 Å². The van der Waals surface area contributed by atoms with Crippen LogP contribution in [0.25, 0.3) is 0 Å². The van der Waals surface area contributed by atoms with E-state index in [1.54, 1.807) is 0 Å². The number of hydrogen-bond donors (Lipinski definition) is 2. The summed E-state index contributed by atoms with van der Waals surface area (Å²) in [5.41, 5.74) is 0. The van der Waals surface area contributed by atoms with E-state index in [-0.39, 0.29) is 119 Å². The number of urea groups is 1. The van der Waals surface area contributed by atoms with Crippen molar-refractivity contribution < 1.29 is 105 Å². The number of phosphoric ester groups is 1. The summed E-state index contributed by atoms with van der Waals surface area (Å²) in [5.74, 6) is -1.43. The van der Waals surface area contributed by atoms with Gasteiger partial charge in [0.1, 0.15) is 24.4 Å². The maximum absolute atomic E-state index is 13.6. The van der Waals surface area contributed by atoms with Gasteiger partial charge in [-0.1, -0.05) is 337 Å². The third kappa shape index (κ3) is 71.8. The van der Waals surface area contributed by atoms with E-state index in [1.807, 2.05) is 0 Å². The summed E-state index contributed by atoms with van der Waals surface area (Å²) in [6.45, 7) is 13.2. The van der Waals surface area contributed by atoms with Crippen LogP contribution in [0.3, 0.4) is 0 Å². The normalized spacial score (nSPS) is 13.8. The van der Waals surface area contributed by atoms with Crippen molar-refractivity contribution in [2.24, 2.45) is 0 Å². The Morgan fingerprint density at radius 3 is 0.738 bits per heavy atom. The van der Waals surface area contributed by atoms with Crippen molar-refractivity contribution in [2.75, 3.05) is 46.2 Å². The Kier molecular flexibility index (Phi) is 77.5. The first-order valence-corrected chi connectivity index (χ1v) is 46.3. The van der Waals surface area contributed by atoms with Crippen LogP contribution in [0.4, 0.5) is 4.79 Å². The molecule has 604 valence electrons. The predicted octanol–water partition coefficient (Wildman–Crippen LogP) is 20.8. The van der Waals surface area contributed by atoms with E-state index in [2.05, 4.69) is 52.2 Å². The second kappa shape index (κ2) is 77.1. The average molecular weight is 1510 g/mol. The van der Waals surface area contributed by atoms with Gasteiger partial charge in [0.2, 0.25) is 0 Å². The molecule has 0 fully saturated rings. The third-order valence-corrected chi connectivity index (χ3v) is 21.6. The van der Waals surface area contributed by atoms with Crippen molar-refractivity contribution in [3.63, 3.8) is 0 Å². The number of phosphoric acid groups is 1. The second-order valence-electron chi connectivity index (χ2n) is 29.3. The number of ether oxygens (including phenoxy) is 4. The van der Waals surface area contributed by atoms with Gasteiger partial charge < -0.3 is 52.6 Å². The molecule has 18 nitrogen and oxygen atoms in total. The zero-order valence-electron chi connectivity index (χ0n) is 67.9. The van der Waals surface area contributed by atoms with E-state index in [4.69, 9.17) is 37.0 Å². The first-order chi connectivity index (χ1) is 49.6. The Morgan fingerprint density at radius 1 is 0.282 bits per heavy atom. The number of carbonyl (C=O) groups excluding carboxylic acids is 5. The number of esters is 4. The average Bonchev–Trinajstić information content (AvgIpc) is 0.895. The van der Waals surface area contributed by atoms with Crippen molar-refractivity contribution in [1.29, 1.82) is 0 Å². The summed E-state index contributed by atoms with van der Waals surface area (Å²) >= 11 is 0. The quantitative estimate of drug-likeness (QED) is 0.0189. The Labute approximate surface area is 653 Å². The maximum Gasteiger partial charge on any atom is 1.00 e. The van der Waals surface area contributed by atoms with Crippen LogP contribution in [-0.2, 0) is 65.4 Å². The van der Waals surface area contributed by atoms with Gasteiger partial charge in [-0.05, 0) is 51.4 Å². The number of carbonyl (C=O) groups is 5. The predicted molar refractivity (Wildman–Crippen MR) is 417 cm³/mol. The van der Waals surface area contributed by atoms with Gasteiger partial charge in [-0.2, -0.15) is 0 Å². The van der Waals surface area contributed by atoms with Crippen LogP contribution >= 0.6 is 15.4 Å². The molecule has 2 amide bonds. The van der Waals surface area contributed by atoms with Gasteiger partial charge >= 0.3 is 67.1 Å². The summed E-state index contributed by atoms with van der Waals surface area (Å²) in [6.07, 6.45) is 56.4. The van der Waals surface area contributed by atoms with Crippen molar-refractivity contribution in [3.8, 4) is 0 Å². The molecule has 6 unspecified atom stereocenters. The number of nitrogens with one attached hydrogen (secondary N) is 2. The number of rotatable bonds is 80. The molecule has 0 aromatic heterocycles. The van der Waals surface area contributed by atoms with Crippen LogP contribution in [0.15, 0.2) is 0 Å². The summed E-state index contributed by atoms with van der Waals surface area (Å²) in [7, 11) is -8.61. The van der Waals surface area contributed by atoms with Crippen LogP contribution < -0.4 is 45.1 Å². The molecule has 0 saturated heterocycles. The monoisotopic (exact) mass is 1510 g/mol. The number of hydrogen-bond acceptors (Lipinski definition) is 16. The summed E-state index contributed by atoms with van der Waals surface area (Å²) in [6, 6.07) is -0.653. The van der Waals surface area contributed by atoms with Gasteiger partial charge in [-0.25, -0.2) is 4.79 Å². The first kappa shape index (κ1) is 103. The van der Waals surface area contributed by atoms with Crippen molar-refractivity contribution in [2.45, 2.75) is 451 Å². The van der Waals surface area contributed by atoms with Gasteiger partial charge in [0.25, 0.3) is 7.82 Å². The molecule has 21 heteroatoms. The van der Waals surface area contributed by atoms with Gasteiger partial charge in [0.15, 0.2) is 0 Å². The Hall–Kier alpha value is -1.59. The van der Waals surface area contributed by atoms with Crippen LogP contribution in [0.1, 0.15) is 427 Å². The van der Waals surface area contributed by atoms with E-state index >= 15 is 0 Å². The fourth-order valence-corrected chi connectivity index (χ4v) is 14.6. The largest absolute Gasteiger partial charge is 1.00 e. The molecule has 0 aromatic rings. The Bertz CT molecular complexity index is 1890. The molecular weight excluding hydrogens is 1350 g/mol. The molecular formula is C82H159N2NaO16P2. The van der Waals surface area contributed by atoms with Crippen LogP contribution in [0, 0.1) is 0 Å². The molecule has 0 aliphatic carbocycles. The van der Waals surface area contributed by atoms with E-state index in [0.717, 1.165) is 135 Å². The molecule has 103 heavy (non-hydrogen) atoms. The summed E-state index contributed by atoms with van der Waals surface area (Å²) < 4.78 is 73.3. The van der Waals surface area contributed by atoms with Crippen LogP contribution in [-0.4, -0.2) is 101 Å². The SMILES string of the molecule is CCCCCCCCCCCCC(=O)OC(CCOP(C)(=O)OCCNC(=O)NCCOP(=O)([O-])OCCC(OC(=O)CCCCCCCCCCCC)C(CCCCCCCCCC)OC(=O)CCCCCCCCCC)C(CCCCCCCCCC)OC(=O)CCCCCCCCCC.[Na+]. The Morgan fingerprint density at radius 2 is 0.476 bits per heavy atom. The van der Waals surface area contributed by atoms with Crippen LogP contribution in [0.2, 0.25) is 0 Å². The minimum Gasteiger partial charge on any atom is -0.756 e. The zero-order valence-corrected chi connectivity index (χ0v) is 71.7. The molecule has 0 aliphatic heterocycles. The minimum absolute atomic E-state index is 0. The second-order valence-corrected chi connectivity index (χ2v) is 32.7. The number of unbranched alkanes of at least 4 members (excludes halogenated alkanes) is 46. The molecule has 0 radical (unpaired) electrons. The standard InChI is InChI=1S/C82H160N2O16P2.Na/c1-8-14-20-26-32-38-40-46-52-58-64-80(87)99-76(74(60-54-48-42-34-28-22-16-10-3)97-78(85)62-56-50-44-36-30-24-18-12-5)66-70-93-101(7,90)94-72-68-83-82(89)84-69-73-96-102(91,92)95-71-67-77(100-81(88)65-59-53-47-41-39-33-27-21-15-9-2)75(61-55-49-43-35-29-23-17-11-4)98-79(86)63-57-51-45-37-31-25-19-13-6;/h74-77H,8-73H2,1-7H3,(H,91,92)(H2,83,84,89);/q;+1/p-1. The fourth-order valence-electron chi connectivity index (χ4n) is 12.9. The van der Waals surface area contributed by atoms with Gasteiger partial charge in [-0.15, -0.1) is 0 Å². The minimum atomic E-state index is -4.91. The third-order valence-electron chi connectivity index (χ3n) is 19.3. The fraction of sp³-hybridized carbons (Fsp3) is 0.939. The molecule has 0 spiro atoms. The zero-order chi connectivity index (χ0) is 74.9. The van der Waals surface area contributed by atoms with E-state index < -0.39 is 58.4 Å². The first-order valence-electron chi connectivity index (χ1n) is 42.8. The topological polar surface area (TPSA) is 240 Å². The van der Waals surface area contributed by atoms with Gasteiger partial charge in [-0.3, -0.25) is 28.3 Å². The molecule has 0 saturated carbocycles. The van der Waals surface area contributed by atoms with Gasteiger partial charge in [0, 0.05) is 58.3 Å². The maximum atomic E-state index is 13.6. The smallest absolute Gasteiger partial charge is 0.756 e. The molecule has 0 rings (SSSR count).